The van der Waals surface area contributed by atoms with Gasteiger partial charge < -0.3 is 20.3 Å². The van der Waals surface area contributed by atoms with Crippen molar-refractivity contribution >= 4 is 39.1 Å². The molecule has 6 rings (SSSR count). The van der Waals surface area contributed by atoms with Gasteiger partial charge in [-0.15, -0.1) is 11.3 Å². The molecule has 0 radical (unpaired) electrons. The number of nitrogens with zero attached hydrogens (tertiary/aromatic N) is 2. The van der Waals surface area contributed by atoms with Gasteiger partial charge in [0.2, 0.25) is 0 Å². The molecule has 2 amide bonds. The van der Waals surface area contributed by atoms with Crippen LogP contribution in [0.15, 0.2) is 96.5 Å². The minimum Gasteiger partial charge on any atom is -0.497 e. The molecule has 1 saturated heterocycles. The predicted octanol–water partition coefficient (Wildman–Crippen LogP) is 6.91. The number of carbonyl (C=O) groups excluding carboxylic acids is 2. The number of piperidine rings is 1. The summed E-state index contributed by atoms with van der Waals surface area (Å²) in [5, 5.41) is 8.41. The molecule has 1 aliphatic rings. The highest BCUT2D eigenvalue weighted by molar-refractivity contribution is 7.18. The molecular weight excluding hydrogens is 568 g/mol. The molecule has 7 nitrogen and oxygen atoms in total. The highest BCUT2D eigenvalue weighted by atomic mass is 32.1. The van der Waals surface area contributed by atoms with E-state index in [1.807, 2.05) is 58.8 Å². The second-order valence-electron chi connectivity index (χ2n) is 11.0. The van der Waals surface area contributed by atoms with Crippen molar-refractivity contribution in [3.8, 4) is 5.75 Å². The van der Waals surface area contributed by atoms with Gasteiger partial charge >= 0.3 is 0 Å². The predicted molar refractivity (Wildman–Crippen MR) is 177 cm³/mol. The molecule has 44 heavy (non-hydrogen) atoms. The van der Waals surface area contributed by atoms with Gasteiger partial charge in [-0.05, 0) is 54.0 Å². The van der Waals surface area contributed by atoms with E-state index in [0.29, 0.717) is 55.2 Å². The summed E-state index contributed by atoms with van der Waals surface area (Å²) in [5.74, 6) is 1.06. The van der Waals surface area contributed by atoms with Crippen LogP contribution < -0.4 is 15.4 Å². The quantitative estimate of drug-likeness (QED) is 0.181. The van der Waals surface area contributed by atoms with Crippen molar-refractivity contribution in [1.82, 2.24) is 15.2 Å². The first kappa shape index (κ1) is 29.4. The number of fused-ring (bicyclic) bond motifs is 1. The molecule has 8 heteroatoms. The first-order valence-corrected chi connectivity index (χ1v) is 15.9. The van der Waals surface area contributed by atoms with Crippen molar-refractivity contribution < 1.29 is 14.3 Å². The van der Waals surface area contributed by atoms with Crippen molar-refractivity contribution in [3.63, 3.8) is 0 Å². The molecule has 3 aromatic carbocycles. The summed E-state index contributed by atoms with van der Waals surface area (Å²) >= 11 is 1.44. The van der Waals surface area contributed by atoms with E-state index in [0.717, 1.165) is 40.1 Å². The molecule has 224 valence electrons. The van der Waals surface area contributed by atoms with Gasteiger partial charge in [0.1, 0.15) is 5.75 Å². The van der Waals surface area contributed by atoms with E-state index in [2.05, 4.69) is 52.0 Å². The van der Waals surface area contributed by atoms with Crippen molar-refractivity contribution in [2.45, 2.75) is 31.7 Å². The number of anilines is 1. The molecule has 0 saturated carbocycles. The second-order valence-corrected chi connectivity index (χ2v) is 11.9. The molecular formula is C36H36N4O3S. The lowest BCUT2D eigenvalue weighted by Gasteiger charge is -2.32. The van der Waals surface area contributed by atoms with Crippen LogP contribution in [0.1, 0.15) is 56.2 Å². The van der Waals surface area contributed by atoms with E-state index in [1.54, 1.807) is 13.3 Å². The third-order valence-electron chi connectivity index (χ3n) is 8.28. The van der Waals surface area contributed by atoms with Crippen molar-refractivity contribution in [1.29, 1.82) is 0 Å². The number of thiophene rings is 1. The Morgan fingerprint density at radius 1 is 0.909 bits per heavy atom. The van der Waals surface area contributed by atoms with Gasteiger partial charge in [0.15, 0.2) is 0 Å². The summed E-state index contributed by atoms with van der Waals surface area (Å²) in [6, 6.07) is 28.5. The third kappa shape index (κ3) is 6.60. The Morgan fingerprint density at radius 2 is 1.61 bits per heavy atom. The number of amides is 2. The largest absolute Gasteiger partial charge is 0.497 e. The van der Waals surface area contributed by atoms with Crippen LogP contribution in [0.25, 0.3) is 10.2 Å². The Balaban J connectivity index is 1.20. The summed E-state index contributed by atoms with van der Waals surface area (Å²) in [7, 11) is 1.64. The Labute approximate surface area is 261 Å². The van der Waals surface area contributed by atoms with E-state index in [9.17, 15) is 9.59 Å². The van der Waals surface area contributed by atoms with E-state index < -0.39 is 0 Å². The van der Waals surface area contributed by atoms with Crippen LogP contribution in [0, 0.1) is 0 Å². The summed E-state index contributed by atoms with van der Waals surface area (Å²) < 4.78 is 6.04. The molecule has 5 aromatic rings. The number of pyridine rings is 1. The molecule has 0 bridgehead atoms. The number of hydrogen-bond acceptors (Lipinski definition) is 6. The van der Waals surface area contributed by atoms with Gasteiger partial charge in [-0.25, -0.2) is 0 Å². The zero-order valence-corrected chi connectivity index (χ0v) is 25.6. The van der Waals surface area contributed by atoms with Gasteiger partial charge in [0.25, 0.3) is 11.8 Å². The number of likely N-dealkylation sites (tertiary alicyclic amines) is 1. The highest BCUT2D eigenvalue weighted by Crippen LogP contribution is 2.36. The molecule has 0 atom stereocenters. The number of nitrogens with one attached hydrogen (secondary N) is 2. The lowest BCUT2D eigenvalue weighted by atomic mass is 9.89. The first-order chi connectivity index (χ1) is 21.6. The highest BCUT2D eigenvalue weighted by Gasteiger charge is 2.28. The topological polar surface area (TPSA) is 83.6 Å². The van der Waals surface area contributed by atoms with Crippen molar-refractivity contribution in [2.75, 3.05) is 32.1 Å². The van der Waals surface area contributed by atoms with E-state index in [-0.39, 0.29) is 11.8 Å². The monoisotopic (exact) mass is 604 g/mol. The molecule has 3 heterocycles. The summed E-state index contributed by atoms with van der Waals surface area (Å²) in [5.41, 5.74) is 5.95. The smallest absolute Gasteiger partial charge is 0.257 e. The van der Waals surface area contributed by atoms with Crippen LogP contribution in [0.2, 0.25) is 0 Å². The minimum absolute atomic E-state index is 0.0274. The van der Waals surface area contributed by atoms with Crippen LogP contribution in [0.3, 0.4) is 0 Å². The Kier molecular flexibility index (Phi) is 9.17. The third-order valence-corrected chi connectivity index (χ3v) is 9.27. The minimum atomic E-state index is -0.173. The summed E-state index contributed by atoms with van der Waals surface area (Å²) in [4.78, 5) is 33.8. The summed E-state index contributed by atoms with van der Waals surface area (Å²) in [6.07, 6.45) is 4.20. The average molecular weight is 605 g/mol. The van der Waals surface area contributed by atoms with E-state index >= 15 is 0 Å². The number of aromatic nitrogens is 1. The number of benzene rings is 3. The normalized spacial score (nSPS) is 13.5. The Bertz CT molecular complexity index is 1710. The van der Waals surface area contributed by atoms with Gasteiger partial charge in [-0.3, -0.25) is 14.6 Å². The zero-order chi connectivity index (χ0) is 30.3. The van der Waals surface area contributed by atoms with Gasteiger partial charge in [0, 0.05) is 37.8 Å². The number of hydrogen-bond donors (Lipinski definition) is 2. The van der Waals surface area contributed by atoms with Crippen molar-refractivity contribution in [3.05, 3.63) is 124 Å². The second kappa shape index (κ2) is 13.7. The maximum Gasteiger partial charge on any atom is 0.257 e. The maximum atomic E-state index is 13.9. The molecule has 1 fully saturated rings. The van der Waals surface area contributed by atoms with Crippen LogP contribution in [0.4, 0.5) is 5.69 Å². The number of methoxy groups -OCH3 is 1. The molecule has 0 spiro atoms. The van der Waals surface area contributed by atoms with E-state index in [1.165, 1.54) is 16.9 Å². The average Bonchev–Trinajstić information content (AvgIpc) is 3.53. The summed E-state index contributed by atoms with van der Waals surface area (Å²) in [6.45, 7) is 2.44. The fraction of sp³-hybridized carbons (Fsp3) is 0.250. The van der Waals surface area contributed by atoms with E-state index in [4.69, 9.17) is 4.74 Å². The SMILES string of the molecule is COc1ccc(CCNC(=O)c2csc3c(NCc4ccccc4)c(C(=O)N4CCC(c5ccccc5)CC4)cnc23)cc1. The number of rotatable bonds is 10. The zero-order valence-electron chi connectivity index (χ0n) is 24.8. The van der Waals surface area contributed by atoms with Crippen LogP contribution >= 0.6 is 11.3 Å². The number of ether oxygens (including phenoxy) is 1. The van der Waals surface area contributed by atoms with Gasteiger partial charge in [0.05, 0.1) is 34.1 Å². The van der Waals surface area contributed by atoms with Crippen LogP contribution in [-0.2, 0) is 13.0 Å². The molecule has 2 N–H and O–H groups in total. The van der Waals surface area contributed by atoms with Crippen LogP contribution in [-0.4, -0.2) is 48.4 Å². The lowest BCUT2D eigenvalue weighted by Crippen LogP contribution is -2.38. The standard InChI is InChI=1S/C36H36N4O3S/c1-43-29-14-12-25(13-15-29)16-19-37-35(41)31-24-44-34-32(38-22-26-8-4-2-5-9-26)30(23-39-33(31)34)36(42)40-20-17-28(18-21-40)27-10-6-3-7-11-27/h2-15,23-24,28H,16-22H2,1H3,(H,37,41)(H,38,39). The molecule has 0 unspecified atom stereocenters. The first-order valence-electron chi connectivity index (χ1n) is 15.0. The molecule has 1 aliphatic heterocycles. The van der Waals surface area contributed by atoms with Gasteiger partial charge in [-0.2, -0.15) is 0 Å². The fourth-order valence-corrected chi connectivity index (χ4v) is 6.81. The number of carbonyl (C=O) groups is 2. The molecule has 0 aliphatic carbocycles. The molecule has 2 aromatic heterocycles. The van der Waals surface area contributed by atoms with Crippen molar-refractivity contribution in [2.24, 2.45) is 0 Å². The van der Waals surface area contributed by atoms with Gasteiger partial charge in [-0.1, -0.05) is 72.8 Å². The Morgan fingerprint density at radius 3 is 2.32 bits per heavy atom. The lowest BCUT2D eigenvalue weighted by molar-refractivity contribution is 0.0713. The fourth-order valence-electron chi connectivity index (χ4n) is 5.78. The van der Waals surface area contributed by atoms with Crippen LogP contribution in [0.5, 0.6) is 5.75 Å². The Hall–Kier alpha value is -4.69. The maximum absolute atomic E-state index is 13.9.